The minimum absolute atomic E-state index is 0.0319. The van der Waals surface area contributed by atoms with Gasteiger partial charge in [-0.1, -0.05) is 0 Å². The first-order chi connectivity index (χ1) is 9.38. The highest BCUT2D eigenvalue weighted by Crippen LogP contribution is 2.21. The van der Waals surface area contributed by atoms with Crippen molar-refractivity contribution < 1.29 is 27.8 Å². The molecule has 1 N–H and O–H groups in total. The van der Waals surface area contributed by atoms with Crippen LogP contribution in [0.1, 0.15) is 10.4 Å². The average molecular weight is 367 g/mol. The molecule has 20 heavy (non-hydrogen) atoms. The standard InChI is InChI=1S/C12H15BrO6S/c1-18-4-5-19-6-7-20(16,17)9-2-3-11(13)10(8-9)12(14)15/h2-3,8H,4-7H2,1H3,(H,14,15). The number of carbonyl (C=O) groups is 1. The molecular formula is C12H15BrO6S. The Bertz CT molecular complexity index is 569. The Balaban J connectivity index is 2.77. The van der Waals surface area contributed by atoms with Crippen LogP contribution in [0.3, 0.4) is 0 Å². The topological polar surface area (TPSA) is 89.9 Å². The van der Waals surface area contributed by atoms with E-state index in [0.29, 0.717) is 17.7 Å². The third-order valence-electron chi connectivity index (χ3n) is 2.46. The summed E-state index contributed by atoms with van der Waals surface area (Å²) in [6.45, 7) is 0.735. The largest absolute Gasteiger partial charge is 0.478 e. The monoisotopic (exact) mass is 366 g/mol. The Morgan fingerprint density at radius 3 is 2.60 bits per heavy atom. The van der Waals surface area contributed by atoms with E-state index in [-0.39, 0.29) is 22.8 Å². The first kappa shape index (κ1) is 17.1. The predicted octanol–water partition coefficient (Wildman–Crippen LogP) is 1.58. The van der Waals surface area contributed by atoms with Crippen molar-refractivity contribution in [1.82, 2.24) is 0 Å². The molecule has 1 aromatic carbocycles. The van der Waals surface area contributed by atoms with E-state index < -0.39 is 15.8 Å². The molecule has 0 aliphatic carbocycles. The minimum Gasteiger partial charge on any atom is -0.478 e. The third kappa shape index (κ3) is 4.86. The summed E-state index contributed by atoms with van der Waals surface area (Å²) in [5, 5.41) is 8.97. The van der Waals surface area contributed by atoms with Crippen LogP contribution < -0.4 is 0 Å². The molecule has 0 fully saturated rings. The number of aromatic carboxylic acids is 1. The molecule has 0 heterocycles. The van der Waals surface area contributed by atoms with Crippen molar-refractivity contribution in [2.24, 2.45) is 0 Å². The zero-order valence-electron chi connectivity index (χ0n) is 10.8. The van der Waals surface area contributed by atoms with Crippen molar-refractivity contribution in [2.75, 3.05) is 32.7 Å². The highest BCUT2D eigenvalue weighted by Gasteiger charge is 2.18. The number of carboxylic acids is 1. The van der Waals surface area contributed by atoms with E-state index in [4.69, 9.17) is 14.6 Å². The Kier molecular flexibility index (Phi) is 6.60. The van der Waals surface area contributed by atoms with E-state index in [0.717, 1.165) is 6.07 Å². The molecular weight excluding hydrogens is 352 g/mol. The summed E-state index contributed by atoms with van der Waals surface area (Å²) < 4.78 is 34.3. The van der Waals surface area contributed by atoms with E-state index in [2.05, 4.69) is 15.9 Å². The van der Waals surface area contributed by atoms with E-state index >= 15 is 0 Å². The van der Waals surface area contributed by atoms with Crippen LogP contribution in [0.15, 0.2) is 27.6 Å². The summed E-state index contributed by atoms with van der Waals surface area (Å²) in [6, 6.07) is 3.90. The molecule has 0 atom stereocenters. The van der Waals surface area contributed by atoms with Gasteiger partial charge in [0, 0.05) is 11.6 Å². The number of hydrogen-bond donors (Lipinski definition) is 1. The summed E-state index contributed by atoms with van der Waals surface area (Å²) >= 11 is 3.06. The van der Waals surface area contributed by atoms with Crippen molar-refractivity contribution in [3.8, 4) is 0 Å². The molecule has 0 aromatic heterocycles. The minimum atomic E-state index is -3.57. The third-order valence-corrected chi connectivity index (χ3v) is 4.82. The quantitative estimate of drug-likeness (QED) is 0.702. The number of sulfone groups is 1. The molecule has 0 aliphatic rings. The van der Waals surface area contributed by atoms with Gasteiger partial charge in [-0.3, -0.25) is 0 Å². The van der Waals surface area contributed by atoms with Gasteiger partial charge in [-0.15, -0.1) is 0 Å². The first-order valence-electron chi connectivity index (χ1n) is 5.71. The van der Waals surface area contributed by atoms with Crippen molar-refractivity contribution >= 4 is 31.7 Å². The zero-order chi connectivity index (χ0) is 15.2. The number of methoxy groups -OCH3 is 1. The van der Waals surface area contributed by atoms with E-state index in [1.54, 1.807) is 0 Å². The summed E-state index contributed by atoms with van der Waals surface area (Å²) in [5.74, 6) is -1.40. The zero-order valence-corrected chi connectivity index (χ0v) is 13.2. The summed E-state index contributed by atoms with van der Waals surface area (Å²) in [4.78, 5) is 10.9. The molecule has 0 unspecified atom stereocenters. The van der Waals surface area contributed by atoms with Gasteiger partial charge in [0.2, 0.25) is 0 Å². The summed E-state index contributed by atoms with van der Waals surface area (Å²) in [6.07, 6.45) is 0. The fourth-order valence-electron chi connectivity index (χ4n) is 1.39. The predicted molar refractivity (Wildman–Crippen MR) is 75.8 cm³/mol. The number of halogens is 1. The maximum Gasteiger partial charge on any atom is 0.336 e. The molecule has 0 aliphatic heterocycles. The Morgan fingerprint density at radius 2 is 2.00 bits per heavy atom. The highest BCUT2D eigenvalue weighted by molar-refractivity contribution is 9.10. The molecule has 0 bridgehead atoms. The van der Waals surface area contributed by atoms with Gasteiger partial charge in [-0.2, -0.15) is 0 Å². The molecule has 1 aromatic rings. The van der Waals surface area contributed by atoms with E-state index in [1.165, 1.54) is 19.2 Å². The van der Waals surface area contributed by atoms with Crippen LogP contribution in [0, 0.1) is 0 Å². The van der Waals surface area contributed by atoms with Gasteiger partial charge >= 0.3 is 5.97 Å². The van der Waals surface area contributed by atoms with Gasteiger partial charge in [-0.05, 0) is 34.1 Å². The molecule has 0 spiro atoms. The van der Waals surface area contributed by atoms with Gasteiger partial charge in [0.1, 0.15) is 0 Å². The number of rotatable bonds is 8. The second kappa shape index (κ2) is 7.72. The second-order valence-electron chi connectivity index (χ2n) is 3.87. The lowest BCUT2D eigenvalue weighted by Gasteiger charge is -2.07. The fraction of sp³-hybridized carbons (Fsp3) is 0.417. The summed E-state index contributed by atoms with van der Waals surface area (Å²) in [7, 11) is -2.05. The molecule has 0 saturated heterocycles. The van der Waals surface area contributed by atoms with Crippen molar-refractivity contribution in [3.05, 3.63) is 28.2 Å². The van der Waals surface area contributed by atoms with Gasteiger partial charge in [0.15, 0.2) is 9.84 Å². The molecule has 0 radical (unpaired) electrons. The maximum absolute atomic E-state index is 12.0. The van der Waals surface area contributed by atoms with Gasteiger partial charge < -0.3 is 14.6 Å². The van der Waals surface area contributed by atoms with Crippen LogP contribution >= 0.6 is 15.9 Å². The van der Waals surface area contributed by atoms with Crippen LogP contribution in [0.4, 0.5) is 0 Å². The SMILES string of the molecule is COCCOCCS(=O)(=O)c1ccc(Br)c(C(=O)O)c1. The molecule has 112 valence electrons. The second-order valence-corrected chi connectivity index (χ2v) is 6.83. The molecule has 8 heteroatoms. The number of ether oxygens (including phenoxy) is 2. The van der Waals surface area contributed by atoms with Crippen LogP contribution in [-0.2, 0) is 19.3 Å². The fourth-order valence-corrected chi connectivity index (χ4v) is 2.95. The van der Waals surface area contributed by atoms with Gasteiger partial charge in [0.05, 0.1) is 36.0 Å². The average Bonchev–Trinajstić information content (AvgIpc) is 2.38. The van der Waals surface area contributed by atoms with Gasteiger partial charge in [-0.25, -0.2) is 13.2 Å². The molecule has 6 nitrogen and oxygen atoms in total. The van der Waals surface area contributed by atoms with Crippen LogP contribution in [-0.4, -0.2) is 52.2 Å². The van der Waals surface area contributed by atoms with Crippen LogP contribution in [0.2, 0.25) is 0 Å². The lowest BCUT2D eigenvalue weighted by molar-refractivity contribution is 0.0695. The van der Waals surface area contributed by atoms with Crippen molar-refractivity contribution in [3.63, 3.8) is 0 Å². The van der Waals surface area contributed by atoms with Crippen LogP contribution in [0.5, 0.6) is 0 Å². The Hall–Kier alpha value is -0.960. The maximum atomic E-state index is 12.0. The first-order valence-corrected chi connectivity index (χ1v) is 8.15. The normalized spacial score (nSPS) is 11.5. The van der Waals surface area contributed by atoms with Crippen LogP contribution in [0.25, 0.3) is 0 Å². The number of benzene rings is 1. The Morgan fingerprint density at radius 1 is 1.30 bits per heavy atom. The van der Waals surface area contributed by atoms with Gasteiger partial charge in [0.25, 0.3) is 0 Å². The molecule has 1 rings (SSSR count). The smallest absolute Gasteiger partial charge is 0.336 e. The lowest BCUT2D eigenvalue weighted by atomic mass is 10.2. The van der Waals surface area contributed by atoms with Crippen molar-refractivity contribution in [2.45, 2.75) is 4.90 Å². The summed E-state index contributed by atoms with van der Waals surface area (Å²) in [5.41, 5.74) is -0.0913. The number of hydrogen-bond acceptors (Lipinski definition) is 5. The lowest BCUT2D eigenvalue weighted by Crippen LogP contribution is -2.15. The molecule has 0 saturated carbocycles. The number of carboxylic acid groups (broad SMARTS) is 1. The van der Waals surface area contributed by atoms with E-state index in [9.17, 15) is 13.2 Å². The Labute approximate surface area is 125 Å². The van der Waals surface area contributed by atoms with Crippen molar-refractivity contribution in [1.29, 1.82) is 0 Å². The van der Waals surface area contributed by atoms with E-state index in [1.807, 2.05) is 0 Å². The molecule has 0 amide bonds. The highest BCUT2D eigenvalue weighted by atomic mass is 79.9.